The Kier molecular flexibility index (Phi) is 2.41. The molecule has 1 aliphatic heterocycles. The highest BCUT2D eigenvalue weighted by atomic mass is 32.1. The molecule has 5 heteroatoms. The third-order valence-corrected chi connectivity index (χ3v) is 3.44. The molecule has 14 heavy (non-hydrogen) atoms. The average molecular weight is 211 g/mol. The van der Waals surface area contributed by atoms with Crippen molar-refractivity contribution in [2.45, 2.75) is 19.9 Å². The van der Waals surface area contributed by atoms with Crippen LogP contribution in [0.3, 0.4) is 0 Å². The lowest BCUT2D eigenvalue weighted by Gasteiger charge is -2.20. The number of hydrogen-bond acceptors (Lipinski definition) is 3. The van der Waals surface area contributed by atoms with Gasteiger partial charge in [0, 0.05) is 24.2 Å². The van der Waals surface area contributed by atoms with Gasteiger partial charge in [-0.05, 0) is 13.8 Å². The van der Waals surface area contributed by atoms with E-state index in [9.17, 15) is 4.79 Å². The van der Waals surface area contributed by atoms with E-state index in [1.165, 1.54) is 4.88 Å². The lowest BCUT2D eigenvalue weighted by Crippen LogP contribution is -2.30. The van der Waals surface area contributed by atoms with Crippen LogP contribution in [0, 0.1) is 6.92 Å². The lowest BCUT2D eigenvalue weighted by atomic mass is 10.3. The van der Waals surface area contributed by atoms with Crippen molar-refractivity contribution in [3.8, 4) is 0 Å². The molecule has 1 aliphatic rings. The van der Waals surface area contributed by atoms with Gasteiger partial charge in [-0.2, -0.15) is 0 Å². The molecular formula is C9H13N3OS. The summed E-state index contributed by atoms with van der Waals surface area (Å²) >= 11 is 1.65. The average Bonchev–Trinajstić information content (AvgIpc) is 2.73. The van der Waals surface area contributed by atoms with E-state index < -0.39 is 0 Å². The van der Waals surface area contributed by atoms with Crippen LogP contribution in [-0.4, -0.2) is 29.0 Å². The summed E-state index contributed by atoms with van der Waals surface area (Å²) in [5.41, 5.74) is 0. The molecule has 2 heterocycles. The van der Waals surface area contributed by atoms with E-state index in [1.54, 1.807) is 11.3 Å². The number of nitrogens with zero attached hydrogens (tertiary/aromatic N) is 2. The number of nitrogens with one attached hydrogen (secondary N) is 1. The molecule has 0 saturated carbocycles. The minimum atomic E-state index is 0.0188. The zero-order chi connectivity index (χ0) is 10.1. The summed E-state index contributed by atoms with van der Waals surface area (Å²) in [5.74, 6) is 0. The number of amides is 2. The Morgan fingerprint density at radius 2 is 2.50 bits per heavy atom. The fraction of sp³-hybridized carbons (Fsp3) is 0.556. The maximum absolute atomic E-state index is 11.4. The Morgan fingerprint density at radius 1 is 1.71 bits per heavy atom. The van der Waals surface area contributed by atoms with Crippen LogP contribution in [0.2, 0.25) is 0 Å². The van der Waals surface area contributed by atoms with Gasteiger partial charge in [-0.3, -0.25) is 0 Å². The molecule has 2 rings (SSSR count). The standard InChI is InChI=1S/C9H13N3OS/c1-6-5-11-8(14-6)7(2)12-4-3-10-9(12)13/h5,7H,3-4H2,1-2H3,(H,10,13). The van der Waals surface area contributed by atoms with Crippen LogP contribution < -0.4 is 5.32 Å². The van der Waals surface area contributed by atoms with Gasteiger partial charge in [-0.15, -0.1) is 11.3 Å². The second kappa shape index (κ2) is 3.57. The van der Waals surface area contributed by atoms with E-state index >= 15 is 0 Å². The SMILES string of the molecule is Cc1cnc(C(C)N2CCNC2=O)s1. The highest BCUT2D eigenvalue weighted by molar-refractivity contribution is 7.11. The molecule has 0 aliphatic carbocycles. The summed E-state index contributed by atoms with van der Waals surface area (Å²) in [4.78, 5) is 18.7. The van der Waals surface area contributed by atoms with Crippen LogP contribution in [0.4, 0.5) is 4.79 Å². The molecule has 1 aromatic heterocycles. The van der Waals surface area contributed by atoms with E-state index in [0.29, 0.717) is 0 Å². The number of carbonyl (C=O) groups is 1. The monoisotopic (exact) mass is 211 g/mol. The van der Waals surface area contributed by atoms with Crippen molar-refractivity contribution in [3.05, 3.63) is 16.1 Å². The van der Waals surface area contributed by atoms with Gasteiger partial charge in [0.05, 0.1) is 6.04 Å². The molecule has 0 spiro atoms. The van der Waals surface area contributed by atoms with Gasteiger partial charge < -0.3 is 10.2 Å². The quantitative estimate of drug-likeness (QED) is 0.806. The van der Waals surface area contributed by atoms with Crippen molar-refractivity contribution in [2.75, 3.05) is 13.1 Å². The molecule has 1 saturated heterocycles. The lowest BCUT2D eigenvalue weighted by molar-refractivity contribution is 0.202. The molecule has 1 atom stereocenters. The van der Waals surface area contributed by atoms with E-state index in [4.69, 9.17) is 0 Å². The van der Waals surface area contributed by atoms with Crippen molar-refractivity contribution >= 4 is 17.4 Å². The molecule has 0 aromatic carbocycles. The van der Waals surface area contributed by atoms with Crippen molar-refractivity contribution < 1.29 is 4.79 Å². The first-order valence-corrected chi connectivity index (χ1v) is 5.47. The second-order valence-corrected chi connectivity index (χ2v) is 4.68. The smallest absolute Gasteiger partial charge is 0.318 e. The van der Waals surface area contributed by atoms with Gasteiger partial charge in [0.1, 0.15) is 5.01 Å². The molecule has 76 valence electrons. The normalized spacial score (nSPS) is 18.4. The number of aryl methyl sites for hydroxylation is 1. The molecule has 4 nitrogen and oxygen atoms in total. The van der Waals surface area contributed by atoms with E-state index in [0.717, 1.165) is 18.1 Å². The Bertz CT molecular complexity index is 350. The molecule has 2 amide bonds. The molecule has 0 bridgehead atoms. The van der Waals surface area contributed by atoms with Crippen molar-refractivity contribution in [2.24, 2.45) is 0 Å². The third-order valence-electron chi connectivity index (χ3n) is 2.35. The minimum absolute atomic E-state index is 0.0188. The number of rotatable bonds is 2. The van der Waals surface area contributed by atoms with Crippen LogP contribution in [-0.2, 0) is 0 Å². The summed E-state index contributed by atoms with van der Waals surface area (Å²) in [6.07, 6.45) is 1.85. The number of hydrogen-bond donors (Lipinski definition) is 1. The van der Waals surface area contributed by atoms with Gasteiger partial charge in [-0.1, -0.05) is 0 Å². The summed E-state index contributed by atoms with van der Waals surface area (Å²) < 4.78 is 0. The summed E-state index contributed by atoms with van der Waals surface area (Å²) in [6.45, 7) is 5.56. The highest BCUT2D eigenvalue weighted by Crippen LogP contribution is 2.25. The van der Waals surface area contributed by atoms with Crippen LogP contribution in [0.15, 0.2) is 6.20 Å². The van der Waals surface area contributed by atoms with Gasteiger partial charge in [0.25, 0.3) is 0 Å². The third kappa shape index (κ3) is 1.59. The highest BCUT2D eigenvalue weighted by Gasteiger charge is 2.27. The van der Waals surface area contributed by atoms with Crippen LogP contribution in [0.25, 0.3) is 0 Å². The van der Waals surface area contributed by atoms with E-state index in [-0.39, 0.29) is 12.1 Å². The number of aromatic nitrogens is 1. The van der Waals surface area contributed by atoms with Crippen molar-refractivity contribution in [1.29, 1.82) is 0 Å². The van der Waals surface area contributed by atoms with E-state index in [1.807, 2.05) is 24.9 Å². The summed E-state index contributed by atoms with van der Waals surface area (Å²) in [6, 6.07) is 0.113. The van der Waals surface area contributed by atoms with Gasteiger partial charge in [0.15, 0.2) is 0 Å². The fourth-order valence-corrected chi connectivity index (χ4v) is 2.39. The second-order valence-electron chi connectivity index (χ2n) is 3.41. The number of carbonyl (C=O) groups excluding carboxylic acids is 1. The minimum Gasteiger partial charge on any atom is -0.336 e. The largest absolute Gasteiger partial charge is 0.336 e. The van der Waals surface area contributed by atoms with Crippen molar-refractivity contribution in [3.63, 3.8) is 0 Å². The first-order chi connectivity index (χ1) is 6.68. The molecule has 1 unspecified atom stereocenters. The predicted molar refractivity (Wildman–Crippen MR) is 55.4 cm³/mol. The summed E-state index contributed by atoms with van der Waals surface area (Å²) in [5, 5.41) is 3.80. The van der Waals surface area contributed by atoms with Crippen LogP contribution in [0.5, 0.6) is 0 Å². The molecular weight excluding hydrogens is 198 g/mol. The fourth-order valence-electron chi connectivity index (χ4n) is 1.55. The van der Waals surface area contributed by atoms with E-state index in [2.05, 4.69) is 10.3 Å². The van der Waals surface area contributed by atoms with Gasteiger partial charge in [-0.25, -0.2) is 9.78 Å². The Balaban J connectivity index is 2.15. The molecule has 0 radical (unpaired) electrons. The Morgan fingerprint density at radius 3 is 3.00 bits per heavy atom. The Hall–Kier alpha value is -1.10. The summed E-state index contributed by atoms with van der Waals surface area (Å²) in [7, 11) is 0. The van der Waals surface area contributed by atoms with Gasteiger partial charge in [0.2, 0.25) is 0 Å². The maximum Gasteiger partial charge on any atom is 0.318 e. The first-order valence-electron chi connectivity index (χ1n) is 4.65. The molecule has 1 N–H and O–H groups in total. The molecule has 1 aromatic rings. The Labute approximate surface area is 86.9 Å². The predicted octanol–water partition coefficient (Wildman–Crippen LogP) is 1.54. The maximum atomic E-state index is 11.4. The number of urea groups is 1. The van der Waals surface area contributed by atoms with Crippen LogP contribution >= 0.6 is 11.3 Å². The molecule has 1 fully saturated rings. The van der Waals surface area contributed by atoms with Crippen molar-refractivity contribution in [1.82, 2.24) is 15.2 Å². The zero-order valence-corrected chi connectivity index (χ0v) is 9.10. The number of thiazole rings is 1. The topological polar surface area (TPSA) is 45.2 Å². The van der Waals surface area contributed by atoms with Gasteiger partial charge >= 0.3 is 6.03 Å². The first kappa shape index (κ1) is 9.45. The van der Waals surface area contributed by atoms with Crippen LogP contribution in [0.1, 0.15) is 22.9 Å². The zero-order valence-electron chi connectivity index (χ0n) is 8.28.